The topological polar surface area (TPSA) is 125 Å². The molecule has 4 rings (SSSR count). The van der Waals surface area contributed by atoms with Gasteiger partial charge in [-0.3, -0.25) is 10.1 Å². The zero-order chi connectivity index (χ0) is 47.0. The summed E-state index contributed by atoms with van der Waals surface area (Å²) in [5, 5.41) is 21.2. The summed E-state index contributed by atoms with van der Waals surface area (Å²) in [6, 6.07) is 21.8. The van der Waals surface area contributed by atoms with E-state index in [4.69, 9.17) is 18.9 Å². The van der Waals surface area contributed by atoms with Crippen molar-refractivity contribution in [2.45, 2.75) is 162 Å². The van der Waals surface area contributed by atoms with Gasteiger partial charge in [0.2, 0.25) is 0 Å². The molecule has 4 aromatic carbocycles. The van der Waals surface area contributed by atoms with Crippen LogP contribution >= 0.6 is 22.6 Å². The second kappa shape index (κ2) is 29.0. The van der Waals surface area contributed by atoms with Gasteiger partial charge in [-0.1, -0.05) is 129 Å². The molecule has 0 radical (unpaired) electrons. The van der Waals surface area contributed by atoms with Crippen LogP contribution in [0.5, 0.6) is 23.0 Å². The van der Waals surface area contributed by atoms with Crippen molar-refractivity contribution in [1.82, 2.24) is 0 Å². The molecule has 65 heavy (non-hydrogen) atoms. The van der Waals surface area contributed by atoms with E-state index in [1.165, 1.54) is 57.4 Å². The molecule has 0 aliphatic rings. The number of nitro groups is 1. The van der Waals surface area contributed by atoms with Crippen LogP contribution in [0, 0.1) is 13.7 Å². The Morgan fingerprint density at radius 1 is 0.646 bits per heavy atom. The zero-order valence-corrected chi connectivity index (χ0v) is 42.2. The van der Waals surface area contributed by atoms with Crippen LogP contribution < -0.4 is 23.8 Å². The Morgan fingerprint density at radius 2 is 1.14 bits per heavy atom. The van der Waals surface area contributed by atoms with Gasteiger partial charge in [-0.25, -0.2) is 4.79 Å². The lowest BCUT2D eigenvalue weighted by atomic mass is 10.0. The lowest BCUT2D eigenvalue weighted by Crippen LogP contribution is -2.16. The van der Waals surface area contributed by atoms with Gasteiger partial charge in [0.05, 0.1) is 44.6 Å². The van der Waals surface area contributed by atoms with Crippen LogP contribution in [0.2, 0.25) is 0 Å². The molecule has 0 heterocycles. The third kappa shape index (κ3) is 18.2. The molecule has 0 amide bonds. The first-order valence-corrected chi connectivity index (χ1v) is 25.2. The van der Waals surface area contributed by atoms with Crippen LogP contribution in [0.3, 0.4) is 0 Å². The van der Waals surface area contributed by atoms with Gasteiger partial charge < -0.3 is 23.8 Å². The largest absolute Gasteiger partial charge is 0.494 e. The molecular formula is C53H73IN4O7. The van der Waals surface area contributed by atoms with Crippen molar-refractivity contribution in [3.8, 4) is 34.1 Å². The van der Waals surface area contributed by atoms with E-state index in [1.807, 2.05) is 84.9 Å². The lowest BCUT2D eigenvalue weighted by Gasteiger charge is -2.23. The van der Waals surface area contributed by atoms with Crippen molar-refractivity contribution in [2.24, 2.45) is 10.2 Å². The standard InChI is InChI=1S/C53H73IN4O7/c1-8-11-14-17-18-19-20-23-34-62-44-32-30-42(31-33-44)41-26-28-43(29-27-41)53(59)65-51-38-49(57(6)7)52(64-40(5)25-22-16-13-10-3)36-47(51)56-55-46-35-45(54)48(58(60)61)37-50(46)63-39(4)24-21-15-12-9-2/h26-33,35-40H,8-25,34H2,1-7H3/t39-,40-/m0/s1. The molecule has 0 N–H and O–H groups in total. The molecule has 11 nitrogen and oxygen atoms in total. The Hall–Kier alpha value is -4.72. The van der Waals surface area contributed by atoms with Crippen LogP contribution in [-0.2, 0) is 0 Å². The Kier molecular flexibility index (Phi) is 23.6. The highest BCUT2D eigenvalue weighted by Gasteiger charge is 2.22. The quantitative estimate of drug-likeness (QED) is 0.00928. The molecule has 12 heteroatoms. The van der Waals surface area contributed by atoms with Gasteiger partial charge in [0, 0.05) is 26.2 Å². The summed E-state index contributed by atoms with van der Waals surface area (Å²) >= 11 is 1.93. The molecule has 0 bridgehead atoms. The number of esters is 1. The van der Waals surface area contributed by atoms with Crippen molar-refractivity contribution in [2.75, 3.05) is 25.6 Å². The first kappa shape index (κ1) is 52.9. The zero-order valence-electron chi connectivity index (χ0n) is 40.0. The molecular weight excluding hydrogens is 932 g/mol. The van der Waals surface area contributed by atoms with E-state index in [0.717, 1.165) is 81.1 Å². The molecule has 0 aliphatic carbocycles. The SMILES string of the molecule is CCCCCCCCCCOc1ccc(-c2ccc(C(=O)Oc3cc(N(C)C)c(O[C@@H](C)CCCCCC)cc3N=Nc3cc(I)c([N+](=O)[O-])cc3O[C@@H](C)CCCCCC)cc2)cc1. The minimum absolute atomic E-state index is 0.0762. The fourth-order valence-corrected chi connectivity index (χ4v) is 8.14. The molecule has 0 spiro atoms. The van der Waals surface area contributed by atoms with Gasteiger partial charge in [-0.05, 0) is 110 Å². The second-order valence-electron chi connectivity index (χ2n) is 17.3. The number of nitrogens with zero attached hydrogens (tertiary/aromatic N) is 4. The summed E-state index contributed by atoms with van der Waals surface area (Å²) in [7, 11) is 3.81. The fourth-order valence-electron chi connectivity index (χ4n) is 7.49. The maximum absolute atomic E-state index is 13.9. The molecule has 0 fully saturated rings. The Labute approximate surface area is 402 Å². The number of anilines is 1. The Balaban J connectivity index is 1.57. The van der Waals surface area contributed by atoms with E-state index >= 15 is 0 Å². The number of carbonyl (C=O) groups is 1. The first-order valence-electron chi connectivity index (χ1n) is 24.1. The highest BCUT2D eigenvalue weighted by molar-refractivity contribution is 14.1. The molecule has 4 aromatic rings. The van der Waals surface area contributed by atoms with Crippen molar-refractivity contribution in [3.63, 3.8) is 0 Å². The summed E-state index contributed by atoms with van der Waals surface area (Å²) < 4.78 is 25.4. The fraction of sp³-hybridized carbons (Fsp3) is 0.528. The van der Waals surface area contributed by atoms with E-state index < -0.39 is 10.9 Å². The molecule has 0 saturated heterocycles. The van der Waals surface area contributed by atoms with Crippen molar-refractivity contribution in [1.29, 1.82) is 0 Å². The summed E-state index contributed by atoms with van der Waals surface area (Å²) in [6.45, 7) is 11.3. The third-order valence-electron chi connectivity index (χ3n) is 11.4. The molecule has 0 unspecified atom stereocenters. The number of azo groups is 1. The highest BCUT2D eigenvalue weighted by Crippen LogP contribution is 2.43. The van der Waals surface area contributed by atoms with Crippen LogP contribution in [0.4, 0.5) is 22.7 Å². The predicted octanol–water partition coefficient (Wildman–Crippen LogP) is 16.6. The smallest absolute Gasteiger partial charge is 0.343 e. The molecule has 0 aromatic heterocycles. The van der Waals surface area contributed by atoms with Crippen LogP contribution in [0.25, 0.3) is 11.1 Å². The van der Waals surface area contributed by atoms with Crippen LogP contribution in [0.15, 0.2) is 83.0 Å². The number of hydrogen-bond acceptors (Lipinski definition) is 10. The summed E-state index contributed by atoms with van der Waals surface area (Å²) in [4.78, 5) is 27.3. The normalized spacial score (nSPS) is 12.2. The van der Waals surface area contributed by atoms with Crippen molar-refractivity contribution in [3.05, 3.63) is 92.0 Å². The number of nitro benzene ring substituents is 1. The van der Waals surface area contributed by atoms with Gasteiger partial charge in [-0.2, -0.15) is 0 Å². The summed E-state index contributed by atoms with van der Waals surface area (Å²) in [5.41, 5.74) is 3.53. The average Bonchev–Trinajstić information content (AvgIpc) is 3.29. The van der Waals surface area contributed by atoms with Gasteiger partial charge >= 0.3 is 5.97 Å². The summed E-state index contributed by atoms with van der Waals surface area (Å²) in [5.74, 6) is 1.28. The van der Waals surface area contributed by atoms with Crippen LogP contribution in [-0.4, -0.2) is 43.8 Å². The number of halogens is 1. The van der Waals surface area contributed by atoms with Gasteiger partial charge in [-0.15, -0.1) is 10.2 Å². The Bertz CT molecular complexity index is 2070. The minimum atomic E-state index is -0.564. The average molecular weight is 1010 g/mol. The van der Waals surface area contributed by atoms with E-state index in [0.29, 0.717) is 32.9 Å². The Morgan fingerprint density at radius 3 is 1.68 bits per heavy atom. The number of ether oxygens (including phenoxy) is 4. The van der Waals surface area contributed by atoms with E-state index in [1.54, 1.807) is 30.3 Å². The lowest BCUT2D eigenvalue weighted by molar-refractivity contribution is -0.385. The van der Waals surface area contributed by atoms with Crippen molar-refractivity contribution < 1.29 is 28.7 Å². The summed E-state index contributed by atoms with van der Waals surface area (Å²) in [6.07, 6.45) is 20.3. The highest BCUT2D eigenvalue weighted by atomic mass is 127. The molecule has 0 saturated carbocycles. The van der Waals surface area contributed by atoms with E-state index in [-0.39, 0.29) is 35.1 Å². The number of hydrogen-bond donors (Lipinski definition) is 0. The maximum Gasteiger partial charge on any atom is 0.343 e. The number of unbranched alkanes of at least 4 members (excludes halogenated alkanes) is 13. The third-order valence-corrected chi connectivity index (χ3v) is 12.2. The molecule has 0 aliphatic heterocycles. The van der Waals surface area contributed by atoms with Gasteiger partial charge in [0.1, 0.15) is 22.9 Å². The van der Waals surface area contributed by atoms with Crippen LogP contribution in [0.1, 0.15) is 161 Å². The number of carbonyl (C=O) groups excluding carboxylic acids is 1. The second-order valence-corrected chi connectivity index (χ2v) is 18.4. The van der Waals surface area contributed by atoms with E-state index in [9.17, 15) is 14.9 Å². The predicted molar refractivity (Wildman–Crippen MR) is 273 cm³/mol. The minimum Gasteiger partial charge on any atom is -0.494 e. The monoisotopic (exact) mass is 1000 g/mol. The van der Waals surface area contributed by atoms with Crippen molar-refractivity contribution >= 4 is 51.3 Å². The maximum atomic E-state index is 13.9. The molecule has 2 atom stereocenters. The van der Waals surface area contributed by atoms with Gasteiger partial charge in [0.25, 0.3) is 5.69 Å². The number of rotatable bonds is 31. The number of benzene rings is 4. The van der Waals surface area contributed by atoms with Gasteiger partial charge in [0.15, 0.2) is 11.5 Å². The molecule has 354 valence electrons. The first-order chi connectivity index (χ1) is 31.4. The van der Waals surface area contributed by atoms with E-state index in [2.05, 4.69) is 37.9 Å².